The molecule has 0 bridgehead atoms. The van der Waals surface area contributed by atoms with Gasteiger partial charge in [-0.1, -0.05) is 13.8 Å². The lowest BCUT2D eigenvalue weighted by Gasteiger charge is -2.21. The summed E-state index contributed by atoms with van der Waals surface area (Å²) in [6, 6.07) is 3.78. The number of pyridine rings is 1. The summed E-state index contributed by atoms with van der Waals surface area (Å²) in [6.45, 7) is 7.66. The molecule has 0 aliphatic heterocycles. The van der Waals surface area contributed by atoms with Crippen LogP contribution in [0.2, 0.25) is 0 Å². The van der Waals surface area contributed by atoms with Gasteiger partial charge in [-0.25, -0.2) is 9.99 Å². The predicted molar refractivity (Wildman–Crippen MR) is 72.2 cm³/mol. The van der Waals surface area contributed by atoms with E-state index in [4.69, 9.17) is 0 Å². The fourth-order valence-corrected chi connectivity index (χ4v) is 1.59. The topological polar surface area (TPSA) is 40.9 Å². The number of halogens is 1. The van der Waals surface area contributed by atoms with Crippen LogP contribution in [0.5, 0.6) is 0 Å². The molecule has 4 nitrogen and oxygen atoms in total. The molecule has 16 heavy (non-hydrogen) atoms. The van der Waals surface area contributed by atoms with Crippen molar-refractivity contribution in [2.45, 2.75) is 13.8 Å². The van der Waals surface area contributed by atoms with E-state index in [9.17, 15) is 0 Å². The molecule has 0 N–H and O–H groups in total. The fraction of sp³-hybridized carbons (Fsp3) is 0.364. The second-order valence-electron chi connectivity index (χ2n) is 3.52. The molecule has 0 atom stereocenters. The first-order chi connectivity index (χ1) is 7.60. The molecule has 1 aromatic heterocycles. The van der Waals surface area contributed by atoms with Gasteiger partial charge < -0.3 is 0 Å². The summed E-state index contributed by atoms with van der Waals surface area (Å²) >= 11 is 3.34. The lowest BCUT2D eigenvalue weighted by molar-refractivity contribution is 0.839. The number of anilines is 1. The molecule has 1 heterocycles. The van der Waals surface area contributed by atoms with Crippen molar-refractivity contribution in [3.05, 3.63) is 22.8 Å². The molecule has 1 rings (SSSR count). The van der Waals surface area contributed by atoms with Crippen molar-refractivity contribution in [3.63, 3.8) is 0 Å². The lowest BCUT2D eigenvalue weighted by atomic mass is 10.2. The molecule has 0 radical (unpaired) electrons. The first-order valence-electron chi connectivity index (χ1n) is 4.95. The van der Waals surface area contributed by atoms with E-state index in [-0.39, 0.29) is 5.92 Å². The molecule has 0 aliphatic carbocycles. The number of rotatable bonds is 3. The Bertz CT molecular complexity index is 383. The highest BCUT2D eigenvalue weighted by Gasteiger charge is 2.15. The van der Waals surface area contributed by atoms with Gasteiger partial charge in [0, 0.05) is 30.4 Å². The Hall–Kier alpha value is -1.23. The number of hydrazone groups is 1. The van der Waals surface area contributed by atoms with Gasteiger partial charge in [-0.05, 0) is 28.1 Å². The van der Waals surface area contributed by atoms with Crippen LogP contribution in [0.15, 0.2) is 32.9 Å². The summed E-state index contributed by atoms with van der Waals surface area (Å²) in [5, 5.41) is 5.61. The first kappa shape index (κ1) is 12.8. The molecule has 5 heteroatoms. The van der Waals surface area contributed by atoms with Gasteiger partial charge in [0.05, 0.1) is 0 Å². The molecule has 0 unspecified atom stereocenters. The number of hydrogen-bond acceptors (Lipinski definition) is 3. The average Bonchev–Trinajstić information content (AvgIpc) is 2.26. The predicted octanol–water partition coefficient (Wildman–Crippen LogP) is 2.95. The maximum absolute atomic E-state index is 4.27. The lowest BCUT2D eigenvalue weighted by Crippen LogP contribution is -2.30. The van der Waals surface area contributed by atoms with Crippen molar-refractivity contribution in [2.75, 3.05) is 12.1 Å². The maximum Gasteiger partial charge on any atom is 0.155 e. The molecular formula is C11H15BrN4. The molecule has 0 fully saturated rings. The SMILES string of the molecule is C=NN(C(=NC)C(C)C)c1ccc(Br)cn1. The quantitative estimate of drug-likeness (QED) is 0.486. The summed E-state index contributed by atoms with van der Waals surface area (Å²) in [6.07, 6.45) is 1.72. The molecule has 0 spiro atoms. The van der Waals surface area contributed by atoms with E-state index in [2.05, 4.69) is 51.6 Å². The molecular weight excluding hydrogens is 268 g/mol. The summed E-state index contributed by atoms with van der Waals surface area (Å²) in [5.41, 5.74) is 0. The molecule has 0 saturated carbocycles. The van der Waals surface area contributed by atoms with Crippen LogP contribution in [0.1, 0.15) is 13.8 Å². The van der Waals surface area contributed by atoms with Crippen LogP contribution in [0.4, 0.5) is 5.82 Å². The van der Waals surface area contributed by atoms with E-state index in [0.29, 0.717) is 5.82 Å². The Morgan fingerprint density at radius 3 is 2.56 bits per heavy atom. The minimum absolute atomic E-state index is 0.265. The van der Waals surface area contributed by atoms with Crippen LogP contribution in [-0.2, 0) is 0 Å². The Morgan fingerprint density at radius 1 is 1.50 bits per heavy atom. The van der Waals surface area contributed by atoms with Gasteiger partial charge in [0.25, 0.3) is 0 Å². The highest BCUT2D eigenvalue weighted by Crippen LogP contribution is 2.17. The minimum Gasteiger partial charge on any atom is -0.274 e. The number of aromatic nitrogens is 1. The van der Waals surface area contributed by atoms with Crippen molar-refractivity contribution >= 4 is 34.3 Å². The molecule has 0 aliphatic rings. The number of amidine groups is 1. The number of hydrogen-bond donors (Lipinski definition) is 0. The van der Waals surface area contributed by atoms with Crippen LogP contribution in [0.3, 0.4) is 0 Å². The van der Waals surface area contributed by atoms with Gasteiger partial charge in [-0.15, -0.1) is 0 Å². The zero-order valence-corrected chi connectivity index (χ0v) is 11.3. The molecule has 1 aromatic rings. The van der Waals surface area contributed by atoms with Gasteiger partial charge in [0.2, 0.25) is 0 Å². The summed E-state index contributed by atoms with van der Waals surface area (Å²) in [7, 11) is 1.74. The molecule has 0 saturated heterocycles. The van der Waals surface area contributed by atoms with Crippen LogP contribution >= 0.6 is 15.9 Å². The van der Waals surface area contributed by atoms with Gasteiger partial charge in [-0.2, -0.15) is 5.10 Å². The largest absolute Gasteiger partial charge is 0.274 e. The summed E-state index contributed by atoms with van der Waals surface area (Å²) in [5.74, 6) is 1.82. The Balaban J connectivity index is 3.07. The Labute approximate surface area is 104 Å². The fourth-order valence-electron chi connectivity index (χ4n) is 1.35. The zero-order valence-electron chi connectivity index (χ0n) is 9.68. The van der Waals surface area contributed by atoms with Crippen molar-refractivity contribution in [1.82, 2.24) is 4.98 Å². The normalized spacial score (nSPS) is 11.7. The third-order valence-electron chi connectivity index (χ3n) is 2.03. The third-order valence-corrected chi connectivity index (χ3v) is 2.50. The van der Waals surface area contributed by atoms with Gasteiger partial charge in [0.15, 0.2) is 5.82 Å². The van der Waals surface area contributed by atoms with Crippen LogP contribution < -0.4 is 5.01 Å². The highest BCUT2D eigenvalue weighted by atomic mass is 79.9. The standard InChI is InChI=1S/C11H15BrN4/c1-8(2)11(13-3)16(14-4)10-6-5-9(12)7-15-10/h5-8H,4H2,1-3H3. The second-order valence-corrected chi connectivity index (χ2v) is 4.44. The number of aliphatic imine (C=N–C) groups is 1. The molecule has 0 amide bonds. The van der Waals surface area contributed by atoms with Gasteiger partial charge >= 0.3 is 0 Å². The minimum atomic E-state index is 0.265. The Kier molecular flexibility index (Phi) is 4.61. The van der Waals surface area contributed by atoms with Gasteiger partial charge in [0.1, 0.15) is 5.84 Å². The average molecular weight is 283 g/mol. The van der Waals surface area contributed by atoms with Crippen molar-refractivity contribution in [3.8, 4) is 0 Å². The summed E-state index contributed by atoms with van der Waals surface area (Å²) < 4.78 is 0.930. The van der Waals surface area contributed by atoms with Crippen LogP contribution in [-0.4, -0.2) is 24.6 Å². The van der Waals surface area contributed by atoms with Crippen LogP contribution in [0.25, 0.3) is 0 Å². The van der Waals surface area contributed by atoms with E-state index >= 15 is 0 Å². The van der Waals surface area contributed by atoms with E-state index in [1.54, 1.807) is 18.3 Å². The maximum atomic E-state index is 4.27. The van der Waals surface area contributed by atoms with E-state index in [0.717, 1.165) is 10.3 Å². The third kappa shape index (κ3) is 2.88. The van der Waals surface area contributed by atoms with E-state index in [1.807, 2.05) is 12.1 Å². The zero-order chi connectivity index (χ0) is 12.1. The van der Waals surface area contributed by atoms with Crippen molar-refractivity contribution in [1.29, 1.82) is 0 Å². The highest BCUT2D eigenvalue weighted by molar-refractivity contribution is 9.10. The first-order valence-corrected chi connectivity index (χ1v) is 5.74. The number of nitrogens with zero attached hydrogens (tertiary/aromatic N) is 4. The monoisotopic (exact) mass is 282 g/mol. The van der Waals surface area contributed by atoms with Crippen molar-refractivity contribution in [2.24, 2.45) is 16.0 Å². The van der Waals surface area contributed by atoms with Gasteiger partial charge in [-0.3, -0.25) is 4.99 Å². The van der Waals surface area contributed by atoms with E-state index in [1.165, 1.54) is 0 Å². The smallest absolute Gasteiger partial charge is 0.155 e. The van der Waals surface area contributed by atoms with E-state index < -0.39 is 0 Å². The molecule has 0 aromatic carbocycles. The molecule has 86 valence electrons. The Morgan fingerprint density at radius 2 is 2.19 bits per heavy atom. The summed E-state index contributed by atoms with van der Waals surface area (Å²) in [4.78, 5) is 8.48. The second kappa shape index (κ2) is 5.75. The van der Waals surface area contributed by atoms with Crippen molar-refractivity contribution < 1.29 is 0 Å². The van der Waals surface area contributed by atoms with Crippen LogP contribution in [0, 0.1) is 5.92 Å².